The summed E-state index contributed by atoms with van der Waals surface area (Å²) < 4.78 is 19.5. The Bertz CT molecular complexity index is 738. The van der Waals surface area contributed by atoms with E-state index in [2.05, 4.69) is 4.90 Å². The first-order valence-electron chi connectivity index (χ1n) is 9.53. The van der Waals surface area contributed by atoms with Gasteiger partial charge in [0.15, 0.2) is 0 Å². The lowest BCUT2D eigenvalue weighted by Gasteiger charge is -2.37. The number of hydrogen-bond donors (Lipinski definition) is 0. The summed E-state index contributed by atoms with van der Waals surface area (Å²) in [6, 6.07) is 16.6. The van der Waals surface area contributed by atoms with Gasteiger partial charge >= 0.3 is 0 Å². The maximum atomic E-state index is 13.9. The normalized spacial score (nSPS) is 17.5. The molecule has 3 rings (SSSR count). The molecule has 0 N–H and O–H groups in total. The van der Waals surface area contributed by atoms with Crippen molar-refractivity contribution in [3.63, 3.8) is 0 Å². The predicted octanol–water partition coefficient (Wildman–Crippen LogP) is 3.72. The number of nitrogens with zero attached hydrogens (tertiary/aromatic N) is 2. The fourth-order valence-electron chi connectivity index (χ4n) is 3.51. The highest BCUT2D eigenvalue weighted by molar-refractivity contribution is 5.76. The van der Waals surface area contributed by atoms with Crippen LogP contribution in [0.15, 0.2) is 54.6 Å². The average Bonchev–Trinajstić information content (AvgIpc) is 2.70. The lowest BCUT2D eigenvalue weighted by Crippen LogP contribution is -2.48. The maximum absolute atomic E-state index is 13.9. The van der Waals surface area contributed by atoms with Crippen LogP contribution < -0.4 is 4.74 Å². The van der Waals surface area contributed by atoms with E-state index in [1.54, 1.807) is 6.07 Å². The van der Waals surface area contributed by atoms with E-state index in [0.29, 0.717) is 25.1 Å². The van der Waals surface area contributed by atoms with Crippen LogP contribution in [0.1, 0.15) is 24.8 Å². The molecule has 1 amide bonds. The van der Waals surface area contributed by atoms with E-state index in [4.69, 9.17) is 4.74 Å². The molecule has 2 aromatic carbocycles. The molecule has 0 aromatic heterocycles. The third kappa shape index (κ3) is 5.54. The first kappa shape index (κ1) is 19.4. The number of piperidine rings is 1. The number of amides is 1. The van der Waals surface area contributed by atoms with Gasteiger partial charge in [-0.3, -0.25) is 9.69 Å². The zero-order chi connectivity index (χ0) is 19.1. The van der Waals surface area contributed by atoms with E-state index in [-0.39, 0.29) is 17.8 Å². The number of carbonyl (C=O) groups is 1. The summed E-state index contributed by atoms with van der Waals surface area (Å²) in [4.78, 5) is 16.6. The van der Waals surface area contributed by atoms with Gasteiger partial charge < -0.3 is 9.64 Å². The lowest BCUT2D eigenvalue weighted by molar-refractivity contribution is -0.133. The van der Waals surface area contributed by atoms with Gasteiger partial charge in [-0.25, -0.2) is 4.39 Å². The van der Waals surface area contributed by atoms with Gasteiger partial charge in [0.25, 0.3) is 0 Å². The Morgan fingerprint density at radius 1 is 1.19 bits per heavy atom. The summed E-state index contributed by atoms with van der Waals surface area (Å²) in [6.45, 7) is 2.67. The van der Waals surface area contributed by atoms with Crippen LogP contribution in [0.5, 0.6) is 5.75 Å². The van der Waals surface area contributed by atoms with Crippen molar-refractivity contribution >= 4 is 5.91 Å². The highest BCUT2D eigenvalue weighted by atomic mass is 19.1. The van der Waals surface area contributed by atoms with Crippen LogP contribution >= 0.6 is 0 Å². The van der Waals surface area contributed by atoms with Gasteiger partial charge in [0, 0.05) is 31.7 Å². The van der Waals surface area contributed by atoms with Crippen molar-refractivity contribution in [3.8, 4) is 5.75 Å². The molecule has 1 fully saturated rings. The van der Waals surface area contributed by atoms with Crippen LogP contribution in [0.2, 0.25) is 0 Å². The number of hydrogen-bond acceptors (Lipinski definition) is 3. The molecule has 1 aliphatic rings. The minimum atomic E-state index is -0.165. The predicted molar refractivity (Wildman–Crippen MR) is 104 cm³/mol. The number of rotatable bonds is 7. The molecule has 1 aliphatic heterocycles. The third-order valence-corrected chi connectivity index (χ3v) is 5.10. The molecule has 4 nitrogen and oxygen atoms in total. The average molecular weight is 370 g/mol. The molecule has 0 aliphatic carbocycles. The van der Waals surface area contributed by atoms with Gasteiger partial charge in [-0.05, 0) is 37.6 Å². The Balaban J connectivity index is 1.47. The number of halogens is 1. The van der Waals surface area contributed by atoms with Gasteiger partial charge in [0.2, 0.25) is 5.91 Å². The molecule has 5 heteroatoms. The Hall–Kier alpha value is -2.40. The molecule has 0 radical (unpaired) electrons. The van der Waals surface area contributed by atoms with Crippen LogP contribution in [-0.4, -0.2) is 48.5 Å². The number of para-hydroxylation sites is 1. The fraction of sp³-hybridized carbons (Fsp3) is 0.409. The molecular weight excluding hydrogens is 343 g/mol. The SMILES string of the molecule is CN(C(=O)CCOc1ccccc1)C1CCCN(Cc2ccccc2F)C1. The number of likely N-dealkylation sites (N-methyl/N-ethyl adjacent to an activating group) is 1. The zero-order valence-electron chi connectivity index (χ0n) is 15.8. The largest absolute Gasteiger partial charge is 0.493 e. The van der Waals surface area contributed by atoms with Crippen LogP contribution in [0.3, 0.4) is 0 Å². The minimum absolute atomic E-state index is 0.0867. The minimum Gasteiger partial charge on any atom is -0.493 e. The summed E-state index contributed by atoms with van der Waals surface area (Å²) in [6.07, 6.45) is 2.35. The molecular formula is C22H27FN2O2. The molecule has 0 spiro atoms. The fourth-order valence-corrected chi connectivity index (χ4v) is 3.51. The monoisotopic (exact) mass is 370 g/mol. The van der Waals surface area contributed by atoms with Crippen molar-refractivity contribution in [3.05, 3.63) is 66.0 Å². The van der Waals surface area contributed by atoms with Crippen molar-refractivity contribution in [1.82, 2.24) is 9.80 Å². The van der Waals surface area contributed by atoms with Gasteiger partial charge in [0.05, 0.1) is 13.0 Å². The van der Waals surface area contributed by atoms with Crippen molar-refractivity contribution in [2.45, 2.75) is 31.8 Å². The highest BCUT2D eigenvalue weighted by Gasteiger charge is 2.26. The first-order valence-corrected chi connectivity index (χ1v) is 9.53. The second-order valence-corrected chi connectivity index (χ2v) is 7.04. The Labute approximate surface area is 160 Å². The Morgan fingerprint density at radius 2 is 1.93 bits per heavy atom. The van der Waals surface area contributed by atoms with Crippen LogP contribution in [0.25, 0.3) is 0 Å². The molecule has 0 bridgehead atoms. The zero-order valence-corrected chi connectivity index (χ0v) is 15.8. The first-order chi connectivity index (χ1) is 13.1. The molecule has 2 aromatic rings. The standard InChI is InChI=1S/C22H27FN2O2/c1-24(22(26)13-15-27-20-10-3-2-4-11-20)19-9-7-14-25(17-19)16-18-8-5-6-12-21(18)23/h2-6,8,10-12,19H,7,9,13-17H2,1H3. The number of benzene rings is 2. The van der Waals surface area contributed by atoms with Gasteiger partial charge in [-0.15, -0.1) is 0 Å². The van der Waals surface area contributed by atoms with E-state index in [0.717, 1.165) is 31.7 Å². The molecule has 144 valence electrons. The van der Waals surface area contributed by atoms with Crippen LogP contribution in [0.4, 0.5) is 4.39 Å². The molecule has 1 atom stereocenters. The van der Waals surface area contributed by atoms with E-state index in [9.17, 15) is 9.18 Å². The molecule has 1 unspecified atom stereocenters. The highest BCUT2D eigenvalue weighted by Crippen LogP contribution is 2.19. The number of carbonyl (C=O) groups excluding carboxylic acids is 1. The van der Waals surface area contributed by atoms with Crippen molar-refractivity contribution in [2.24, 2.45) is 0 Å². The van der Waals surface area contributed by atoms with Gasteiger partial charge in [0.1, 0.15) is 11.6 Å². The van der Waals surface area contributed by atoms with Gasteiger partial charge in [-0.1, -0.05) is 36.4 Å². The number of ether oxygens (including phenoxy) is 1. The van der Waals surface area contributed by atoms with Crippen LogP contribution in [-0.2, 0) is 11.3 Å². The Morgan fingerprint density at radius 3 is 2.70 bits per heavy atom. The van der Waals surface area contributed by atoms with Crippen LogP contribution in [0, 0.1) is 5.82 Å². The molecule has 1 saturated heterocycles. The summed E-state index contributed by atoms with van der Waals surface area (Å²) in [7, 11) is 1.86. The van der Waals surface area contributed by atoms with Crippen molar-refractivity contribution in [1.29, 1.82) is 0 Å². The molecule has 1 heterocycles. The van der Waals surface area contributed by atoms with E-state index < -0.39 is 0 Å². The van der Waals surface area contributed by atoms with E-state index >= 15 is 0 Å². The molecule has 0 saturated carbocycles. The van der Waals surface area contributed by atoms with E-state index in [1.807, 2.05) is 54.4 Å². The summed E-state index contributed by atoms with van der Waals surface area (Å²) in [5, 5.41) is 0. The second-order valence-electron chi connectivity index (χ2n) is 7.04. The summed E-state index contributed by atoms with van der Waals surface area (Å²) in [5.74, 6) is 0.701. The number of likely N-dealkylation sites (tertiary alicyclic amines) is 1. The van der Waals surface area contributed by atoms with Crippen molar-refractivity contribution in [2.75, 3.05) is 26.7 Å². The smallest absolute Gasteiger partial charge is 0.226 e. The maximum Gasteiger partial charge on any atom is 0.226 e. The summed E-state index contributed by atoms with van der Waals surface area (Å²) in [5.41, 5.74) is 0.711. The quantitative estimate of drug-likeness (QED) is 0.745. The van der Waals surface area contributed by atoms with Gasteiger partial charge in [-0.2, -0.15) is 0 Å². The molecule has 27 heavy (non-hydrogen) atoms. The summed E-state index contributed by atoms with van der Waals surface area (Å²) >= 11 is 0. The lowest BCUT2D eigenvalue weighted by atomic mass is 10.0. The van der Waals surface area contributed by atoms with Crippen molar-refractivity contribution < 1.29 is 13.9 Å². The Kier molecular flexibility index (Phi) is 6.82. The topological polar surface area (TPSA) is 32.8 Å². The second kappa shape index (κ2) is 9.51. The third-order valence-electron chi connectivity index (χ3n) is 5.10. The van der Waals surface area contributed by atoms with E-state index in [1.165, 1.54) is 6.07 Å².